The summed E-state index contributed by atoms with van der Waals surface area (Å²) >= 11 is 11.9. The molecule has 3 rings (SSSR count). The number of nitrogens with zero attached hydrogens (tertiary/aromatic N) is 2. The number of rotatable bonds is 4. The number of carbonyl (C=O) groups excluding carboxylic acids is 1. The highest BCUT2D eigenvalue weighted by atomic mass is 35.5. The molecule has 25 heavy (non-hydrogen) atoms. The molecule has 1 aliphatic heterocycles. The summed E-state index contributed by atoms with van der Waals surface area (Å²) in [4.78, 5) is 19.2. The summed E-state index contributed by atoms with van der Waals surface area (Å²) in [6, 6.07) is 11.1. The number of carbonyl (C=O) groups is 1. The van der Waals surface area contributed by atoms with Crippen molar-refractivity contribution in [2.24, 2.45) is 5.16 Å². The van der Waals surface area contributed by atoms with Crippen LogP contribution in [-0.2, 0) is 4.84 Å². The molecule has 0 radical (unpaired) electrons. The Bertz CT molecular complexity index is 842. The van der Waals surface area contributed by atoms with Gasteiger partial charge in [0.1, 0.15) is 5.82 Å². The van der Waals surface area contributed by atoms with Crippen LogP contribution in [0.25, 0.3) is 0 Å². The topological polar surface area (TPSA) is 41.9 Å². The van der Waals surface area contributed by atoms with Crippen LogP contribution in [0, 0.1) is 5.82 Å². The molecule has 2 aromatic rings. The summed E-state index contributed by atoms with van der Waals surface area (Å²) in [7, 11) is 1.61. The lowest BCUT2D eigenvalue weighted by Gasteiger charge is -2.20. The number of likely N-dealkylation sites (N-methyl/N-ethyl adjacent to an activating group) is 1. The minimum absolute atomic E-state index is 0.0358. The Morgan fingerprint density at radius 3 is 2.76 bits per heavy atom. The van der Waals surface area contributed by atoms with Crippen molar-refractivity contribution >= 4 is 34.8 Å². The van der Waals surface area contributed by atoms with E-state index in [1.807, 2.05) is 6.07 Å². The van der Waals surface area contributed by atoms with Gasteiger partial charge in [0, 0.05) is 19.0 Å². The van der Waals surface area contributed by atoms with Crippen LogP contribution in [0.5, 0.6) is 0 Å². The number of hydrogen-bond donors (Lipinski definition) is 0. The number of benzene rings is 2. The fourth-order valence-electron chi connectivity index (χ4n) is 2.60. The second-order valence-corrected chi connectivity index (χ2v) is 6.58. The molecule has 2 aromatic carbocycles. The van der Waals surface area contributed by atoms with Crippen LogP contribution < -0.4 is 0 Å². The van der Waals surface area contributed by atoms with E-state index in [9.17, 15) is 9.18 Å². The van der Waals surface area contributed by atoms with Crippen molar-refractivity contribution in [2.75, 3.05) is 13.6 Å². The minimum atomic E-state index is -0.542. The van der Waals surface area contributed by atoms with Crippen LogP contribution in [-0.4, -0.2) is 36.2 Å². The Kier molecular flexibility index (Phi) is 5.25. The van der Waals surface area contributed by atoms with Crippen molar-refractivity contribution in [2.45, 2.75) is 12.5 Å². The highest BCUT2D eigenvalue weighted by Gasteiger charge is 2.26. The van der Waals surface area contributed by atoms with Crippen LogP contribution in [0.1, 0.15) is 22.3 Å². The maximum absolute atomic E-state index is 13.7. The molecule has 4 nitrogen and oxygen atoms in total. The van der Waals surface area contributed by atoms with Gasteiger partial charge >= 0.3 is 0 Å². The molecule has 0 spiro atoms. The Morgan fingerprint density at radius 1 is 1.28 bits per heavy atom. The van der Waals surface area contributed by atoms with Crippen LogP contribution in [0.3, 0.4) is 0 Å². The second-order valence-electron chi connectivity index (χ2n) is 5.76. The molecule has 7 heteroatoms. The van der Waals surface area contributed by atoms with Gasteiger partial charge in [-0.3, -0.25) is 4.79 Å². The zero-order valence-electron chi connectivity index (χ0n) is 13.4. The van der Waals surface area contributed by atoms with E-state index in [-0.39, 0.29) is 11.7 Å². The fourth-order valence-corrected chi connectivity index (χ4v) is 2.90. The van der Waals surface area contributed by atoms with Gasteiger partial charge in [0.05, 0.1) is 27.9 Å². The quantitative estimate of drug-likeness (QED) is 0.788. The van der Waals surface area contributed by atoms with E-state index in [4.69, 9.17) is 28.0 Å². The van der Waals surface area contributed by atoms with Gasteiger partial charge < -0.3 is 9.74 Å². The van der Waals surface area contributed by atoms with Gasteiger partial charge in [-0.25, -0.2) is 4.39 Å². The van der Waals surface area contributed by atoms with Gasteiger partial charge in [-0.05, 0) is 24.3 Å². The molecule has 0 saturated heterocycles. The summed E-state index contributed by atoms with van der Waals surface area (Å²) in [5, 5.41) is 4.97. The monoisotopic (exact) mass is 380 g/mol. The largest absolute Gasteiger partial charge is 0.390 e. The molecule has 0 N–H and O–H groups in total. The lowest BCUT2D eigenvalue weighted by Crippen LogP contribution is -2.35. The predicted octanol–water partition coefficient (Wildman–Crippen LogP) is 4.40. The first-order valence-electron chi connectivity index (χ1n) is 7.64. The van der Waals surface area contributed by atoms with E-state index in [0.717, 1.165) is 11.3 Å². The number of halogens is 3. The maximum Gasteiger partial charge on any atom is 0.256 e. The van der Waals surface area contributed by atoms with Crippen LogP contribution >= 0.6 is 23.2 Å². The third-order valence-corrected chi connectivity index (χ3v) is 4.65. The molecule has 0 saturated carbocycles. The lowest BCUT2D eigenvalue weighted by atomic mass is 10.0. The van der Waals surface area contributed by atoms with Crippen molar-refractivity contribution in [3.63, 3.8) is 0 Å². The minimum Gasteiger partial charge on any atom is -0.390 e. The van der Waals surface area contributed by atoms with Crippen molar-refractivity contribution in [3.05, 3.63) is 69.5 Å². The van der Waals surface area contributed by atoms with E-state index in [2.05, 4.69) is 5.16 Å². The Morgan fingerprint density at radius 2 is 2.04 bits per heavy atom. The first-order chi connectivity index (χ1) is 12.0. The number of hydrogen-bond acceptors (Lipinski definition) is 3. The van der Waals surface area contributed by atoms with Gasteiger partial charge in [0.15, 0.2) is 6.10 Å². The van der Waals surface area contributed by atoms with Gasteiger partial charge in [0.25, 0.3) is 5.91 Å². The smallest absolute Gasteiger partial charge is 0.256 e. The Hall–Kier alpha value is -2.11. The van der Waals surface area contributed by atoms with E-state index in [1.165, 1.54) is 17.0 Å². The first-order valence-corrected chi connectivity index (χ1v) is 8.39. The molecule has 130 valence electrons. The molecule has 1 aliphatic rings. The van der Waals surface area contributed by atoms with E-state index < -0.39 is 11.7 Å². The third-order valence-electron chi connectivity index (χ3n) is 3.91. The molecule has 0 fully saturated rings. The summed E-state index contributed by atoms with van der Waals surface area (Å²) in [6.45, 7) is 0.293. The van der Waals surface area contributed by atoms with Crippen LogP contribution in [0.15, 0.2) is 47.6 Å². The summed E-state index contributed by atoms with van der Waals surface area (Å²) in [6.07, 6.45) is 0.220. The maximum atomic E-state index is 13.7. The summed E-state index contributed by atoms with van der Waals surface area (Å²) in [5.74, 6) is -0.941. The van der Waals surface area contributed by atoms with E-state index in [0.29, 0.717) is 23.0 Å². The Labute approximate surface area is 154 Å². The molecule has 1 amide bonds. The standard InChI is InChI=1S/C18H15Cl2FN2O2/c1-23(18(24)13-4-2-3-5-16(13)21)10-12-9-17(22-25-12)11-6-7-14(19)15(20)8-11/h2-8,12H,9-10H2,1H3. The molecular weight excluding hydrogens is 366 g/mol. The zero-order chi connectivity index (χ0) is 18.0. The fraction of sp³-hybridized carbons (Fsp3) is 0.222. The van der Waals surface area contributed by atoms with Crippen molar-refractivity contribution in [3.8, 4) is 0 Å². The summed E-state index contributed by atoms with van der Waals surface area (Å²) < 4.78 is 13.7. The average molecular weight is 381 g/mol. The third kappa shape index (κ3) is 3.94. The molecule has 0 aromatic heterocycles. The molecule has 0 aliphatic carbocycles. The molecule has 1 unspecified atom stereocenters. The van der Waals surface area contributed by atoms with Crippen molar-refractivity contribution < 1.29 is 14.0 Å². The molecule has 0 bridgehead atoms. The Balaban J connectivity index is 1.63. The number of oxime groups is 1. The molecule has 1 heterocycles. The predicted molar refractivity (Wildman–Crippen MR) is 95.8 cm³/mol. The van der Waals surface area contributed by atoms with Crippen LogP contribution in [0.4, 0.5) is 4.39 Å². The second kappa shape index (κ2) is 7.42. The SMILES string of the molecule is CN(CC1CC(c2ccc(Cl)c(Cl)c2)=NO1)C(=O)c1ccccc1F. The molecular formula is C18H15Cl2FN2O2. The molecule has 1 atom stereocenters. The van der Waals surface area contributed by atoms with Crippen LogP contribution in [0.2, 0.25) is 10.0 Å². The van der Waals surface area contributed by atoms with Gasteiger partial charge in [-0.2, -0.15) is 0 Å². The lowest BCUT2D eigenvalue weighted by molar-refractivity contribution is 0.0479. The normalized spacial score (nSPS) is 16.3. The summed E-state index contributed by atoms with van der Waals surface area (Å²) in [5.41, 5.74) is 1.59. The highest BCUT2D eigenvalue weighted by Crippen LogP contribution is 2.25. The zero-order valence-corrected chi connectivity index (χ0v) is 14.9. The van der Waals surface area contributed by atoms with Gasteiger partial charge in [-0.15, -0.1) is 0 Å². The number of amides is 1. The van der Waals surface area contributed by atoms with Gasteiger partial charge in [0.2, 0.25) is 0 Å². The first kappa shape index (κ1) is 17.7. The van der Waals surface area contributed by atoms with E-state index in [1.54, 1.807) is 31.3 Å². The van der Waals surface area contributed by atoms with Gasteiger partial charge in [-0.1, -0.05) is 46.6 Å². The van der Waals surface area contributed by atoms with E-state index >= 15 is 0 Å². The highest BCUT2D eigenvalue weighted by molar-refractivity contribution is 6.42. The van der Waals surface area contributed by atoms with Crippen molar-refractivity contribution in [1.29, 1.82) is 0 Å². The average Bonchev–Trinajstić information content (AvgIpc) is 3.05. The van der Waals surface area contributed by atoms with Crippen molar-refractivity contribution in [1.82, 2.24) is 4.90 Å².